The minimum Gasteiger partial charge on any atom is -0.508 e. The molecule has 2 unspecified atom stereocenters. The van der Waals surface area contributed by atoms with Gasteiger partial charge in [-0.1, -0.05) is 0 Å². The average molecular weight is 314 g/mol. The summed E-state index contributed by atoms with van der Waals surface area (Å²) in [5, 5.41) is 20.7. The molecule has 0 spiro atoms. The number of amides is 2. The zero-order valence-corrected chi connectivity index (χ0v) is 12.6. The third kappa shape index (κ3) is 5.82. The standard InChI is InChI=1S/C13H18N2O5S/c1-9(8-21(2)20)14-13(19)15(7-12(17)18)10-3-5-11(16)6-4-10/h3-6,9,16H,7-8H2,1-2H3,(H,14,19)(H,17,18). The van der Waals surface area contributed by atoms with Crippen molar-refractivity contribution in [3.05, 3.63) is 24.3 Å². The van der Waals surface area contributed by atoms with Crippen LogP contribution >= 0.6 is 0 Å². The first-order valence-corrected chi connectivity index (χ1v) is 7.91. The van der Waals surface area contributed by atoms with Gasteiger partial charge in [-0.25, -0.2) is 4.79 Å². The molecule has 2 amide bonds. The molecular weight excluding hydrogens is 296 g/mol. The Kier molecular flexibility index (Phi) is 6.16. The Hall–Kier alpha value is -2.09. The van der Waals surface area contributed by atoms with Crippen molar-refractivity contribution in [1.82, 2.24) is 5.32 Å². The molecule has 0 saturated carbocycles. The van der Waals surface area contributed by atoms with Gasteiger partial charge in [-0.05, 0) is 31.2 Å². The third-order valence-corrected chi connectivity index (χ3v) is 3.52. The van der Waals surface area contributed by atoms with E-state index < -0.39 is 29.3 Å². The van der Waals surface area contributed by atoms with Gasteiger partial charge < -0.3 is 15.5 Å². The van der Waals surface area contributed by atoms with E-state index in [0.29, 0.717) is 5.69 Å². The number of rotatable bonds is 6. The molecule has 0 fully saturated rings. The minimum atomic E-state index is -1.16. The highest BCUT2D eigenvalue weighted by atomic mass is 32.2. The zero-order valence-electron chi connectivity index (χ0n) is 11.8. The highest BCUT2D eigenvalue weighted by Crippen LogP contribution is 2.18. The van der Waals surface area contributed by atoms with Crippen LogP contribution in [0.1, 0.15) is 6.92 Å². The molecule has 0 aromatic heterocycles. The Labute approximate surface area is 125 Å². The first-order valence-electron chi connectivity index (χ1n) is 6.18. The summed E-state index contributed by atoms with van der Waals surface area (Å²) in [6, 6.07) is 4.67. The molecule has 0 aliphatic carbocycles. The minimum absolute atomic E-state index is 0.0178. The molecule has 3 N–H and O–H groups in total. The van der Waals surface area contributed by atoms with Crippen molar-refractivity contribution in [2.24, 2.45) is 0 Å². The van der Waals surface area contributed by atoms with Crippen molar-refractivity contribution in [1.29, 1.82) is 0 Å². The second-order valence-corrected chi connectivity index (χ2v) is 6.07. The Morgan fingerprint density at radius 1 is 1.33 bits per heavy atom. The van der Waals surface area contributed by atoms with Crippen molar-refractivity contribution in [3.8, 4) is 5.75 Å². The maximum Gasteiger partial charge on any atom is 0.323 e. The van der Waals surface area contributed by atoms with Gasteiger partial charge in [0.05, 0.1) is 0 Å². The Bertz CT molecular complexity index is 532. The van der Waals surface area contributed by atoms with Gasteiger partial charge in [0.2, 0.25) is 0 Å². The van der Waals surface area contributed by atoms with Gasteiger partial charge in [-0.15, -0.1) is 0 Å². The first-order chi connectivity index (χ1) is 9.79. The molecule has 1 aromatic rings. The predicted octanol–water partition coefficient (Wildman–Crippen LogP) is 0.760. The van der Waals surface area contributed by atoms with Gasteiger partial charge in [0, 0.05) is 34.5 Å². The Morgan fingerprint density at radius 2 is 1.90 bits per heavy atom. The molecule has 2 atom stereocenters. The molecular formula is C13H18N2O5S. The van der Waals surface area contributed by atoms with Crippen LogP contribution < -0.4 is 10.2 Å². The molecule has 116 valence electrons. The predicted molar refractivity (Wildman–Crippen MR) is 80.0 cm³/mol. The molecule has 8 heteroatoms. The summed E-state index contributed by atoms with van der Waals surface area (Å²) < 4.78 is 11.1. The lowest BCUT2D eigenvalue weighted by Crippen LogP contribution is -2.47. The largest absolute Gasteiger partial charge is 0.508 e. The normalized spacial score (nSPS) is 13.2. The number of aliphatic carboxylic acids is 1. The number of nitrogens with zero attached hydrogens (tertiary/aromatic N) is 1. The Balaban J connectivity index is 2.86. The fourth-order valence-corrected chi connectivity index (χ4v) is 2.52. The quantitative estimate of drug-likeness (QED) is 0.718. The highest BCUT2D eigenvalue weighted by molar-refractivity contribution is 7.84. The van der Waals surface area contributed by atoms with Crippen LogP contribution in [0.5, 0.6) is 5.75 Å². The summed E-state index contributed by atoms with van der Waals surface area (Å²) >= 11 is 0. The number of benzene rings is 1. The number of urea groups is 1. The van der Waals surface area contributed by atoms with Crippen molar-refractivity contribution < 1.29 is 24.0 Å². The van der Waals surface area contributed by atoms with Gasteiger partial charge in [-0.2, -0.15) is 0 Å². The second kappa shape index (κ2) is 7.63. The van der Waals surface area contributed by atoms with Crippen LogP contribution in [0.25, 0.3) is 0 Å². The summed E-state index contributed by atoms with van der Waals surface area (Å²) in [5.74, 6) is -0.864. The molecule has 0 aliphatic rings. The molecule has 21 heavy (non-hydrogen) atoms. The van der Waals surface area contributed by atoms with E-state index in [2.05, 4.69) is 5.32 Å². The van der Waals surface area contributed by atoms with Crippen LogP contribution in [0.15, 0.2) is 24.3 Å². The van der Waals surface area contributed by atoms with Gasteiger partial charge in [0.15, 0.2) is 0 Å². The van der Waals surface area contributed by atoms with Gasteiger partial charge in [0.1, 0.15) is 12.3 Å². The topological polar surface area (TPSA) is 107 Å². The monoisotopic (exact) mass is 314 g/mol. The summed E-state index contributed by atoms with van der Waals surface area (Å²) in [6.45, 7) is 1.17. The van der Waals surface area contributed by atoms with Crippen molar-refractivity contribution in [2.75, 3.05) is 23.5 Å². The molecule has 7 nitrogen and oxygen atoms in total. The van der Waals surface area contributed by atoms with Crippen LogP contribution in [0.4, 0.5) is 10.5 Å². The fourth-order valence-electron chi connectivity index (χ4n) is 1.73. The van der Waals surface area contributed by atoms with Crippen LogP contribution in [0.2, 0.25) is 0 Å². The number of nitrogens with one attached hydrogen (secondary N) is 1. The smallest absolute Gasteiger partial charge is 0.323 e. The van der Waals surface area contributed by atoms with Crippen molar-refractivity contribution >= 4 is 28.5 Å². The number of anilines is 1. The van der Waals surface area contributed by atoms with E-state index in [9.17, 15) is 18.9 Å². The third-order valence-electron chi connectivity index (χ3n) is 2.55. The number of carboxylic acid groups (broad SMARTS) is 1. The molecule has 0 aliphatic heterocycles. The fraction of sp³-hybridized carbons (Fsp3) is 0.385. The molecule has 1 rings (SSSR count). The lowest BCUT2D eigenvalue weighted by molar-refractivity contribution is -0.135. The van der Waals surface area contributed by atoms with Crippen LogP contribution in [0.3, 0.4) is 0 Å². The van der Waals surface area contributed by atoms with Crippen molar-refractivity contribution in [3.63, 3.8) is 0 Å². The van der Waals surface area contributed by atoms with Crippen LogP contribution in [-0.4, -0.2) is 51.0 Å². The van der Waals surface area contributed by atoms with E-state index >= 15 is 0 Å². The van der Waals surface area contributed by atoms with E-state index in [0.717, 1.165) is 4.90 Å². The van der Waals surface area contributed by atoms with E-state index in [1.54, 1.807) is 6.92 Å². The summed E-state index contributed by atoms with van der Waals surface area (Å²) in [6.07, 6.45) is 1.53. The van der Waals surface area contributed by atoms with E-state index in [-0.39, 0.29) is 17.5 Å². The van der Waals surface area contributed by atoms with Gasteiger partial charge in [-0.3, -0.25) is 13.9 Å². The van der Waals surface area contributed by atoms with Gasteiger partial charge >= 0.3 is 12.0 Å². The lowest BCUT2D eigenvalue weighted by atomic mass is 10.2. The number of hydrogen-bond acceptors (Lipinski definition) is 4. The number of carbonyl (C=O) groups is 2. The second-order valence-electron chi connectivity index (χ2n) is 4.59. The Morgan fingerprint density at radius 3 is 2.38 bits per heavy atom. The first kappa shape index (κ1) is 17.0. The summed E-state index contributed by atoms with van der Waals surface area (Å²) in [4.78, 5) is 24.1. The summed E-state index contributed by atoms with van der Waals surface area (Å²) in [5.41, 5.74) is 0.345. The number of hydrogen-bond donors (Lipinski definition) is 3. The molecule has 0 bridgehead atoms. The highest BCUT2D eigenvalue weighted by Gasteiger charge is 2.20. The van der Waals surface area contributed by atoms with E-state index in [4.69, 9.17) is 5.11 Å². The number of aromatic hydroxyl groups is 1. The van der Waals surface area contributed by atoms with E-state index in [1.807, 2.05) is 0 Å². The number of carboxylic acids is 1. The number of phenols is 1. The number of phenolic OH excluding ortho intramolecular Hbond substituents is 1. The molecule has 0 saturated heterocycles. The van der Waals surface area contributed by atoms with Crippen LogP contribution in [-0.2, 0) is 15.6 Å². The van der Waals surface area contributed by atoms with Crippen molar-refractivity contribution in [2.45, 2.75) is 13.0 Å². The molecule has 1 aromatic carbocycles. The molecule has 0 heterocycles. The lowest BCUT2D eigenvalue weighted by Gasteiger charge is -2.23. The van der Waals surface area contributed by atoms with Gasteiger partial charge in [0.25, 0.3) is 0 Å². The zero-order chi connectivity index (χ0) is 16.0. The maximum atomic E-state index is 12.1. The number of carbonyl (C=O) groups excluding carboxylic acids is 1. The summed E-state index contributed by atoms with van der Waals surface area (Å²) in [7, 11) is -1.07. The maximum absolute atomic E-state index is 12.1. The molecule has 0 radical (unpaired) electrons. The SMILES string of the molecule is CC(CS(C)=O)NC(=O)N(CC(=O)O)c1ccc(O)cc1. The van der Waals surface area contributed by atoms with Crippen LogP contribution in [0, 0.1) is 0 Å². The van der Waals surface area contributed by atoms with E-state index in [1.165, 1.54) is 30.5 Å². The average Bonchev–Trinajstić information content (AvgIpc) is 2.35.